The van der Waals surface area contributed by atoms with Crippen molar-refractivity contribution in [1.29, 1.82) is 0 Å². The maximum Gasteiger partial charge on any atom is 0.329 e. The van der Waals surface area contributed by atoms with E-state index < -0.39 is 8.07 Å². The second-order valence-corrected chi connectivity index (χ2v) is 9.56. The van der Waals surface area contributed by atoms with E-state index in [1.807, 2.05) is 13.8 Å². The number of esters is 1. The summed E-state index contributed by atoms with van der Waals surface area (Å²) in [5.74, 6) is -0.179. The molecule has 0 aromatic heterocycles. The van der Waals surface area contributed by atoms with Crippen LogP contribution in [-0.2, 0) is 9.53 Å². The van der Waals surface area contributed by atoms with Gasteiger partial charge in [-0.15, -0.1) is 0 Å². The van der Waals surface area contributed by atoms with E-state index in [0.717, 1.165) is 23.3 Å². The molecular formula is C12H24O2Si. The highest BCUT2D eigenvalue weighted by Crippen LogP contribution is 2.28. The van der Waals surface area contributed by atoms with Crippen LogP contribution >= 0.6 is 0 Å². The first-order valence-electron chi connectivity index (χ1n) is 5.83. The molecule has 0 atom stereocenters. The van der Waals surface area contributed by atoms with Gasteiger partial charge in [-0.25, -0.2) is 4.79 Å². The molecule has 0 heterocycles. The molecule has 0 aromatic rings. The van der Waals surface area contributed by atoms with E-state index in [4.69, 9.17) is 4.74 Å². The lowest BCUT2D eigenvalue weighted by atomic mass is 10.5. The Hall–Kier alpha value is -0.573. The first kappa shape index (κ1) is 14.4. The highest BCUT2D eigenvalue weighted by Gasteiger charge is 2.35. The number of carbonyl (C=O) groups excluding carboxylic acids is 1. The zero-order chi connectivity index (χ0) is 12.1. The minimum Gasteiger partial charge on any atom is -0.460 e. The number of rotatable bonds is 6. The van der Waals surface area contributed by atoms with Crippen molar-refractivity contribution in [3.63, 3.8) is 0 Å². The zero-order valence-corrected chi connectivity index (χ0v) is 11.7. The molecule has 0 rings (SSSR count). The van der Waals surface area contributed by atoms with Crippen LogP contribution in [0.4, 0.5) is 0 Å². The van der Waals surface area contributed by atoms with E-state index in [2.05, 4.69) is 27.4 Å². The van der Waals surface area contributed by atoms with Gasteiger partial charge in [0.2, 0.25) is 0 Å². The number of hydrogen-bond acceptors (Lipinski definition) is 2. The molecule has 0 fully saturated rings. The molecule has 0 amide bonds. The lowest BCUT2D eigenvalue weighted by molar-refractivity contribution is -0.141. The third kappa shape index (κ3) is 3.49. The molecule has 0 aliphatic rings. The van der Waals surface area contributed by atoms with Crippen LogP contribution in [0.5, 0.6) is 0 Å². The van der Waals surface area contributed by atoms with Gasteiger partial charge in [-0.2, -0.15) is 0 Å². The molecule has 0 unspecified atom stereocenters. The highest BCUT2D eigenvalue weighted by atomic mass is 28.3. The van der Waals surface area contributed by atoms with E-state index in [1.165, 1.54) is 0 Å². The average molecular weight is 228 g/mol. The van der Waals surface area contributed by atoms with E-state index in [1.54, 1.807) is 0 Å². The third-order valence-corrected chi connectivity index (χ3v) is 8.80. The van der Waals surface area contributed by atoms with E-state index in [9.17, 15) is 4.79 Å². The van der Waals surface area contributed by atoms with Crippen molar-refractivity contribution in [2.45, 2.75) is 58.9 Å². The van der Waals surface area contributed by atoms with Crippen molar-refractivity contribution in [2.24, 2.45) is 0 Å². The van der Waals surface area contributed by atoms with Crippen LogP contribution in [0, 0.1) is 0 Å². The molecule has 3 heteroatoms. The second-order valence-electron chi connectivity index (χ2n) is 4.27. The monoisotopic (exact) mass is 228 g/mol. The molecule has 0 aliphatic heterocycles. The van der Waals surface area contributed by atoms with E-state index in [-0.39, 0.29) is 12.1 Å². The summed E-state index contributed by atoms with van der Waals surface area (Å²) in [6, 6.07) is 3.23. The van der Waals surface area contributed by atoms with Gasteiger partial charge >= 0.3 is 5.97 Å². The normalized spacial score (nSPS) is 11.6. The summed E-state index contributed by atoms with van der Waals surface area (Å²) in [6.07, 6.45) is -0.0495. The largest absolute Gasteiger partial charge is 0.460 e. The second kappa shape index (κ2) is 6.11. The Morgan fingerprint density at radius 1 is 1.20 bits per heavy atom. The Bertz CT molecular complexity index is 222. The summed E-state index contributed by atoms with van der Waals surface area (Å²) in [5.41, 5.74) is 0. The lowest BCUT2D eigenvalue weighted by Crippen LogP contribution is -2.38. The maximum atomic E-state index is 11.8. The minimum absolute atomic E-state index is 0.0495. The van der Waals surface area contributed by atoms with Gasteiger partial charge in [0.25, 0.3) is 0 Å². The van der Waals surface area contributed by atoms with Crippen LogP contribution in [0.2, 0.25) is 18.1 Å². The molecule has 88 valence electrons. The zero-order valence-electron chi connectivity index (χ0n) is 10.7. The number of ether oxygens (including phenoxy) is 1. The van der Waals surface area contributed by atoms with Crippen molar-refractivity contribution < 1.29 is 9.53 Å². The predicted octanol–water partition coefficient (Wildman–Crippen LogP) is 3.54. The van der Waals surface area contributed by atoms with E-state index >= 15 is 0 Å². The van der Waals surface area contributed by atoms with Crippen LogP contribution in [0.3, 0.4) is 0 Å². The van der Waals surface area contributed by atoms with Gasteiger partial charge in [0, 0.05) is 5.20 Å². The van der Waals surface area contributed by atoms with Gasteiger partial charge in [-0.1, -0.05) is 45.5 Å². The minimum atomic E-state index is -1.62. The van der Waals surface area contributed by atoms with Gasteiger partial charge in [0.15, 0.2) is 0 Å². The molecule has 0 aromatic carbocycles. The Balaban J connectivity index is 4.71. The van der Waals surface area contributed by atoms with Crippen LogP contribution in [0.15, 0.2) is 11.8 Å². The molecule has 0 saturated carbocycles. The first-order chi connectivity index (χ1) is 6.93. The Kier molecular flexibility index (Phi) is 5.87. The molecule has 15 heavy (non-hydrogen) atoms. The van der Waals surface area contributed by atoms with Crippen LogP contribution in [-0.4, -0.2) is 20.1 Å². The van der Waals surface area contributed by atoms with Gasteiger partial charge in [-0.3, -0.25) is 0 Å². The quantitative estimate of drug-likeness (QED) is 0.395. The Morgan fingerprint density at radius 3 is 1.87 bits per heavy atom. The average Bonchev–Trinajstić information content (AvgIpc) is 2.20. The molecular weight excluding hydrogens is 204 g/mol. The van der Waals surface area contributed by atoms with Crippen molar-refractivity contribution >= 4 is 14.0 Å². The smallest absolute Gasteiger partial charge is 0.329 e. The van der Waals surface area contributed by atoms with Crippen molar-refractivity contribution in [2.75, 3.05) is 0 Å². The predicted molar refractivity (Wildman–Crippen MR) is 67.6 cm³/mol. The fourth-order valence-corrected chi connectivity index (χ4v) is 5.16. The summed E-state index contributed by atoms with van der Waals surface area (Å²) >= 11 is 0. The maximum absolute atomic E-state index is 11.8. The molecule has 0 radical (unpaired) electrons. The molecule has 0 saturated heterocycles. The van der Waals surface area contributed by atoms with Crippen LogP contribution in [0.1, 0.15) is 34.6 Å². The van der Waals surface area contributed by atoms with Crippen molar-refractivity contribution in [3.05, 3.63) is 11.8 Å². The standard InChI is InChI=1S/C12H24O2Si/c1-7-15(8-2,9-3)11(6)12(13)14-10(4)5/h10H,6-9H2,1-5H3. The number of hydrogen-bond donors (Lipinski definition) is 0. The summed E-state index contributed by atoms with van der Waals surface area (Å²) in [5, 5.41) is 0.767. The summed E-state index contributed by atoms with van der Waals surface area (Å²) in [4.78, 5) is 11.8. The van der Waals surface area contributed by atoms with Gasteiger partial charge in [-0.05, 0) is 13.8 Å². The van der Waals surface area contributed by atoms with Crippen LogP contribution in [0.25, 0.3) is 0 Å². The van der Waals surface area contributed by atoms with E-state index in [0.29, 0.717) is 0 Å². The fourth-order valence-electron chi connectivity index (χ4n) is 1.89. The Morgan fingerprint density at radius 2 is 1.60 bits per heavy atom. The first-order valence-corrected chi connectivity index (χ1v) is 8.46. The molecule has 0 spiro atoms. The topological polar surface area (TPSA) is 26.3 Å². The summed E-state index contributed by atoms with van der Waals surface area (Å²) in [7, 11) is -1.62. The van der Waals surface area contributed by atoms with Gasteiger partial charge < -0.3 is 4.74 Å². The lowest BCUT2D eigenvalue weighted by Gasteiger charge is -2.29. The van der Waals surface area contributed by atoms with Crippen molar-refractivity contribution in [3.8, 4) is 0 Å². The Labute approximate surface area is 94.7 Å². The highest BCUT2D eigenvalue weighted by molar-refractivity contribution is 6.89. The molecule has 0 aliphatic carbocycles. The SMILES string of the molecule is C=C(C(=O)OC(C)C)[Si](CC)(CC)CC. The van der Waals surface area contributed by atoms with Crippen molar-refractivity contribution in [1.82, 2.24) is 0 Å². The third-order valence-electron chi connectivity index (χ3n) is 3.26. The van der Waals surface area contributed by atoms with Crippen LogP contribution < -0.4 is 0 Å². The summed E-state index contributed by atoms with van der Waals surface area (Å²) < 4.78 is 5.22. The number of carbonyl (C=O) groups is 1. The summed E-state index contributed by atoms with van der Waals surface area (Å²) in [6.45, 7) is 14.2. The molecule has 2 nitrogen and oxygen atoms in total. The molecule has 0 N–H and O–H groups in total. The van der Waals surface area contributed by atoms with Gasteiger partial charge in [0.1, 0.15) is 0 Å². The molecule has 0 bridgehead atoms. The fraction of sp³-hybridized carbons (Fsp3) is 0.750. The van der Waals surface area contributed by atoms with Gasteiger partial charge in [0.05, 0.1) is 14.2 Å².